The van der Waals surface area contributed by atoms with E-state index in [0.29, 0.717) is 32.2 Å². The van der Waals surface area contributed by atoms with Gasteiger partial charge in [-0.2, -0.15) is 4.98 Å². The highest BCUT2D eigenvalue weighted by Crippen LogP contribution is 2.37. The first-order chi connectivity index (χ1) is 13.9. The molecule has 1 saturated heterocycles. The number of aromatic nitrogens is 3. The van der Waals surface area contributed by atoms with Crippen LogP contribution in [0.3, 0.4) is 0 Å². The standard InChI is InChI=1S/C21H32N4O4/c1-15-14-18(16(2)25(15)11-13-28-5)19(26)24-9-6-21(7-10-24,8-12-27-4)20-22-17(3)29-23-20/h14H,6-13H2,1-5H3. The molecule has 0 spiro atoms. The van der Waals surface area contributed by atoms with E-state index >= 15 is 0 Å². The summed E-state index contributed by atoms with van der Waals surface area (Å²) in [4.78, 5) is 19.7. The maximum absolute atomic E-state index is 13.2. The van der Waals surface area contributed by atoms with E-state index in [4.69, 9.17) is 14.0 Å². The summed E-state index contributed by atoms with van der Waals surface area (Å²) < 4.78 is 17.9. The zero-order chi connectivity index (χ0) is 21.0. The molecular formula is C21H32N4O4. The molecule has 160 valence electrons. The fraction of sp³-hybridized carbons (Fsp3) is 0.667. The van der Waals surface area contributed by atoms with Gasteiger partial charge < -0.3 is 23.5 Å². The van der Waals surface area contributed by atoms with Gasteiger partial charge in [-0.3, -0.25) is 4.79 Å². The minimum absolute atomic E-state index is 0.0893. The average molecular weight is 405 g/mol. The van der Waals surface area contributed by atoms with Gasteiger partial charge in [0.2, 0.25) is 5.89 Å². The number of carbonyl (C=O) groups is 1. The Morgan fingerprint density at radius 2 is 1.86 bits per heavy atom. The zero-order valence-electron chi connectivity index (χ0n) is 18.2. The van der Waals surface area contributed by atoms with Crippen molar-refractivity contribution in [1.29, 1.82) is 0 Å². The van der Waals surface area contributed by atoms with Crippen LogP contribution in [0.15, 0.2) is 10.6 Å². The molecule has 1 aliphatic rings. The quantitative estimate of drug-likeness (QED) is 0.673. The Balaban J connectivity index is 1.74. The van der Waals surface area contributed by atoms with Crippen molar-refractivity contribution < 1.29 is 18.8 Å². The van der Waals surface area contributed by atoms with E-state index in [1.54, 1.807) is 21.1 Å². The number of nitrogens with zero attached hydrogens (tertiary/aromatic N) is 4. The third-order valence-electron chi connectivity index (χ3n) is 6.12. The topological polar surface area (TPSA) is 82.6 Å². The van der Waals surface area contributed by atoms with Gasteiger partial charge in [-0.25, -0.2) is 0 Å². The van der Waals surface area contributed by atoms with Crippen LogP contribution in [0.25, 0.3) is 0 Å². The molecule has 0 atom stereocenters. The molecule has 1 amide bonds. The number of carbonyl (C=O) groups excluding carboxylic acids is 1. The van der Waals surface area contributed by atoms with Crippen molar-refractivity contribution in [2.24, 2.45) is 0 Å². The molecule has 0 unspecified atom stereocenters. The highest BCUT2D eigenvalue weighted by atomic mass is 16.5. The first-order valence-electron chi connectivity index (χ1n) is 10.2. The van der Waals surface area contributed by atoms with Gasteiger partial charge in [0, 0.05) is 64.2 Å². The molecule has 1 fully saturated rings. The summed E-state index contributed by atoms with van der Waals surface area (Å²) >= 11 is 0. The summed E-state index contributed by atoms with van der Waals surface area (Å²) in [6.07, 6.45) is 2.41. The summed E-state index contributed by atoms with van der Waals surface area (Å²) in [7, 11) is 3.39. The Kier molecular flexibility index (Phi) is 6.74. The van der Waals surface area contributed by atoms with Crippen molar-refractivity contribution in [3.8, 4) is 0 Å². The van der Waals surface area contributed by atoms with Crippen molar-refractivity contribution in [3.63, 3.8) is 0 Å². The molecular weight excluding hydrogens is 372 g/mol. The van der Waals surface area contributed by atoms with Crippen molar-refractivity contribution in [2.75, 3.05) is 40.5 Å². The van der Waals surface area contributed by atoms with Crippen LogP contribution < -0.4 is 0 Å². The third kappa shape index (κ3) is 4.38. The number of aryl methyl sites for hydroxylation is 2. The predicted molar refractivity (Wildman–Crippen MR) is 108 cm³/mol. The first kappa shape index (κ1) is 21.5. The molecule has 0 aromatic carbocycles. The Labute approximate surface area is 172 Å². The van der Waals surface area contributed by atoms with Crippen molar-refractivity contribution >= 4 is 5.91 Å². The van der Waals surface area contributed by atoms with E-state index in [2.05, 4.69) is 14.7 Å². The second-order valence-electron chi connectivity index (χ2n) is 7.88. The number of hydrogen-bond acceptors (Lipinski definition) is 6. The molecule has 8 heteroatoms. The molecule has 0 bridgehead atoms. The molecule has 0 aliphatic carbocycles. The van der Waals surface area contributed by atoms with E-state index in [1.807, 2.05) is 24.8 Å². The second kappa shape index (κ2) is 9.09. The van der Waals surface area contributed by atoms with Crippen LogP contribution in [0.4, 0.5) is 0 Å². The molecule has 2 aromatic heterocycles. The Morgan fingerprint density at radius 3 is 2.45 bits per heavy atom. The van der Waals surface area contributed by atoms with Gasteiger partial charge in [-0.15, -0.1) is 0 Å². The van der Waals surface area contributed by atoms with Crippen LogP contribution in [-0.2, 0) is 21.4 Å². The normalized spacial score (nSPS) is 16.4. The summed E-state index contributed by atoms with van der Waals surface area (Å²) in [5.74, 6) is 1.39. The molecule has 8 nitrogen and oxygen atoms in total. The van der Waals surface area contributed by atoms with E-state index in [-0.39, 0.29) is 11.3 Å². The van der Waals surface area contributed by atoms with Crippen LogP contribution in [-0.4, -0.2) is 66.0 Å². The van der Waals surface area contributed by atoms with E-state index in [0.717, 1.165) is 48.6 Å². The molecule has 3 heterocycles. The van der Waals surface area contributed by atoms with Crippen LogP contribution in [0.2, 0.25) is 0 Å². The van der Waals surface area contributed by atoms with Crippen LogP contribution in [0, 0.1) is 20.8 Å². The van der Waals surface area contributed by atoms with Crippen LogP contribution >= 0.6 is 0 Å². The largest absolute Gasteiger partial charge is 0.385 e. The minimum Gasteiger partial charge on any atom is -0.385 e. The molecule has 0 radical (unpaired) electrons. The van der Waals surface area contributed by atoms with Crippen molar-refractivity contribution in [1.82, 2.24) is 19.6 Å². The number of rotatable bonds is 8. The fourth-order valence-corrected chi connectivity index (χ4v) is 4.25. The smallest absolute Gasteiger partial charge is 0.255 e. The molecule has 3 rings (SSSR count). The molecule has 0 N–H and O–H groups in total. The second-order valence-corrected chi connectivity index (χ2v) is 7.88. The lowest BCUT2D eigenvalue weighted by Gasteiger charge is -2.39. The summed E-state index contributed by atoms with van der Waals surface area (Å²) in [6, 6.07) is 1.99. The van der Waals surface area contributed by atoms with Crippen molar-refractivity contribution in [2.45, 2.75) is 52.0 Å². The maximum atomic E-state index is 13.2. The lowest BCUT2D eigenvalue weighted by atomic mass is 9.75. The maximum Gasteiger partial charge on any atom is 0.255 e. The van der Waals surface area contributed by atoms with Gasteiger partial charge in [0.25, 0.3) is 5.91 Å². The monoisotopic (exact) mass is 404 g/mol. The van der Waals surface area contributed by atoms with Gasteiger partial charge in [0.1, 0.15) is 0 Å². The highest BCUT2D eigenvalue weighted by molar-refractivity contribution is 5.95. The molecule has 2 aromatic rings. The van der Waals surface area contributed by atoms with E-state index in [9.17, 15) is 4.79 Å². The molecule has 0 saturated carbocycles. The number of piperidine rings is 1. The summed E-state index contributed by atoms with van der Waals surface area (Å²) in [6.45, 7) is 9.17. The molecule has 29 heavy (non-hydrogen) atoms. The number of amides is 1. The fourth-order valence-electron chi connectivity index (χ4n) is 4.25. The van der Waals surface area contributed by atoms with E-state index < -0.39 is 0 Å². The Morgan fingerprint density at radius 1 is 1.17 bits per heavy atom. The minimum atomic E-state index is -0.208. The van der Waals surface area contributed by atoms with Gasteiger partial charge in [-0.1, -0.05) is 5.16 Å². The number of likely N-dealkylation sites (tertiary alicyclic amines) is 1. The molecule has 1 aliphatic heterocycles. The van der Waals surface area contributed by atoms with Crippen LogP contribution in [0.1, 0.15) is 52.7 Å². The summed E-state index contributed by atoms with van der Waals surface area (Å²) in [5, 5.41) is 4.19. The zero-order valence-corrected chi connectivity index (χ0v) is 18.2. The third-order valence-corrected chi connectivity index (χ3v) is 6.12. The Bertz CT molecular complexity index is 834. The summed E-state index contributed by atoms with van der Waals surface area (Å²) in [5.41, 5.74) is 2.64. The highest BCUT2D eigenvalue weighted by Gasteiger charge is 2.41. The van der Waals surface area contributed by atoms with Crippen molar-refractivity contribution in [3.05, 3.63) is 34.7 Å². The van der Waals surface area contributed by atoms with Gasteiger partial charge in [-0.05, 0) is 39.2 Å². The van der Waals surface area contributed by atoms with Gasteiger partial charge in [0.15, 0.2) is 5.82 Å². The van der Waals surface area contributed by atoms with Gasteiger partial charge in [0.05, 0.1) is 12.2 Å². The first-order valence-corrected chi connectivity index (χ1v) is 10.2. The van der Waals surface area contributed by atoms with E-state index in [1.165, 1.54) is 0 Å². The average Bonchev–Trinajstić information content (AvgIpc) is 3.28. The number of methoxy groups -OCH3 is 2. The number of hydrogen-bond donors (Lipinski definition) is 0. The lowest BCUT2D eigenvalue weighted by Crippen LogP contribution is -2.46. The number of ether oxygens (including phenoxy) is 2. The van der Waals surface area contributed by atoms with Crippen LogP contribution in [0.5, 0.6) is 0 Å². The lowest BCUT2D eigenvalue weighted by molar-refractivity contribution is 0.0615. The Hall–Kier alpha value is -2.19. The van der Waals surface area contributed by atoms with Gasteiger partial charge >= 0.3 is 0 Å². The SMILES string of the molecule is COCCn1c(C)cc(C(=O)N2CCC(CCOC)(c3noc(C)n3)CC2)c1C. The predicted octanol–water partition coefficient (Wildman–Crippen LogP) is 2.65.